The second-order valence-electron chi connectivity index (χ2n) is 4.94. The molecule has 0 amide bonds. The zero-order chi connectivity index (χ0) is 17.3. The minimum absolute atomic E-state index is 0.229. The molecule has 5 N–H and O–H groups in total. The fourth-order valence-corrected chi connectivity index (χ4v) is 2.85. The van der Waals surface area contributed by atoms with Crippen LogP contribution in [0, 0.1) is 0 Å². The van der Waals surface area contributed by atoms with Gasteiger partial charge in [-0.15, -0.1) is 0 Å². The Balaban J connectivity index is 2.12. The van der Waals surface area contributed by atoms with E-state index >= 15 is 0 Å². The van der Waals surface area contributed by atoms with Gasteiger partial charge in [-0.2, -0.15) is 5.10 Å². The Bertz CT molecular complexity index is 997. The summed E-state index contributed by atoms with van der Waals surface area (Å²) in [4.78, 5) is 12.3. The maximum absolute atomic E-state index is 12.3. The van der Waals surface area contributed by atoms with Crippen molar-refractivity contribution in [3.05, 3.63) is 68.3 Å². The second kappa shape index (κ2) is 6.52. The number of nitrogens with zero attached hydrogens (tertiary/aromatic N) is 1. The number of hydrogen-bond acceptors (Lipinski definition) is 5. The van der Waals surface area contributed by atoms with Crippen molar-refractivity contribution in [2.45, 2.75) is 0 Å². The Labute approximate surface area is 146 Å². The molecule has 122 valence electrons. The molecule has 0 saturated carbocycles. The van der Waals surface area contributed by atoms with E-state index in [1.807, 2.05) is 0 Å². The van der Waals surface area contributed by atoms with Crippen LogP contribution in [0.4, 0.5) is 0 Å². The summed E-state index contributed by atoms with van der Waals surface area (Å²) in [6.07, 6.45) is 0. The molecular weight excluding hydrogens is 351 g/mol. The first-order valence-electron chi connectivity index (χ1n) is 6.81. The molecule has 0 fully saturated rings. The van der Waals surface area contributed by atoms with E-state index in [0.717, 1.165) is 0 Å². The maximum atomic E-state index is 12.3. The molecule has 0 unspecified atom stereocenters. The summed E-state index contributed by atoms with van der Waals surface area (Å²) >= 11 is 12.1. The third-order valence-electron chi connectivity index (χ3n) is 3.46. The Hall–Kier alpha value is -2.54. The number of halogens is 2. The SMILES string of the molecule is N/N=C(\NN)c1ccc(-c2cc(=O)c3cc(Cl)cc(Cl)c3o2)cc1. The van der Waals surface area contributed by atoms with E-state index in [-0.39, 0.29) is 10.5 Å². The molecule has 0 atom stereocenters. The van der Waals surface area contributed by atoms with Gasteiger partial charge in [0.05, 0.1) is 10.4 Å². The highest BCUT2D eigenvalue weighted by Crippen LogP contribution is 2.29. The van der Waals surface area contributed by atoms with Gasteiger partial charge in [0.15, 0.2) is 16.8 Å². The lowest BCUT2D eigenvalue weighted by molar-refractivity contribution is 0.619. The predicted octanol–water partition coefficient (Wildman–Crippen LogP) is 2.85. The maximum Gasteiger partial charge on any atom is 0.193 e. The first kappa shape index (κ1) is 16.3. The number of fused-ring (bicyclic) bond motifs is 1. The predicted molar refractivity (Wildman–Crippen MR) is 96.0 cm³/mol. The normalized spacial score (nSPS) is 11.7. The number of rotatable bonds is 2. The molecule has 1 aromatic heterocycles. The van der Waals surface area contributed by atoms with E-state index < -0.39 is 0 Å². The van der Waals surface area contributed by atoms with Gasteiger partial charge in [-0.05, 0) is 12.1 Å². The summed E-state index contributed by atoms with van der Waals surface area (Å²) in [6, 6.07) is 11.4. The summed E-state index contributed by atoms with van der Waals surface area (Å²) in [6.45, 7) is 0. The topological polar surface area (TPSA) is 107 Å². The van der Waals surface area contributed by atoms with Gasteiger partial charge in [0.2, 0.25) is 0 Å². The molecule has 0 radical (unpaired) electrons. The van der Waals surface area contributed by atoms with Crippen LogP contribution in [-0.2, 0) is 0 Å². The van der Waals surface area contributed by atoms with Gasteiger partial charge < -0.3 is 15.7 Å². The number of hydrazine groups is 1. The van der Waals surface area contributed by atoms with Crippen molar-refractivity contribution in [1.29, 1.82) is 0 Å². The molecule has 24 heavy (non-hydrogen) atoms. The Morgan fingerprint density at radius 1 is 1.12 bits per heavy atom. The molecule has 3 aromatic rings. The number of nitrogens with two attached hydrogens (primary N) is 2. The lowest BCUT2D eigenvalue weighted by Crippen LogP contribution is -2.31. The van der Waals surface area contributed by atoms with Crippen LogP contribution in [0.25, 0.3) is 22.3 Å². The van der Waals surface area contributed by atoms with E-state index in [9.17, 15) is 4.79 Å². The number of amidine groups is 1. The minimum Gasteiger partial charge on any atom is -0.454 e. The lowest BCUT2D eigenvalue weighted by Gasteiger charge is -2.07. The third kappa shape index (κ3) is 2.94. The summed E-state index contributed by atoms with van der Waals surface area (Å²) in [5.41, 5.74) is 3.84. The zero-order valence-electron chi connectivity index (χ0n) is 12.2. The Kier molecular flexibility index (Phi) is 4.44. The molecule has 3 rings (SSSR count). The summed E-state index contributed by atoms with van der Waals surface area (Å²) in [5.74, 6) is 11.3. The fraction of sp³-hybridized carbons (Fsp3) is 0. The third-order valence-corrected chi connectivity index (χ3v) is 3.96. The standard InChI is InChI=1S/C16H12Cl2N4O2/c17-10-5-11-13(23)7-14(24-15(11)12(18)6-10)8-1-3-9(4-2-8)16(21-19)22-20/h1-7H,19-20H2,(H,21,22). The van der Waals surface area contributed by atoms with Crippen LogP contribution in [0.3, 0.4) is 0 Å². The highest BCUT2D eigenvalue weighted by molar-refractivity contribution is 6.38. The molecule has 0 aliphatic rings. The van der Waals surface area contributed by atoms with Crippen molar-refractivity contribution in [3.8, 4) is 11.3 Å². The van der Waals surface area contributed by atoms with Gasteiger partial charge in [0.1, 0.15) is 5.76 Å². The van der Waals surface area contributed by atoms with Crippen molar-refractivity contribution < 1.29 is 4.42 Å². The summed E-state index contributed by atoms with van der Waals surface area (Å²) < 4.78 is 5.78. The first-order valence-corrected chi connectivity index (χ1v) is 7.57. The number of hydrogen-bond donors (Lipinski definition) is 3. The van der Waals surface area contributed by atoms with Gasteiger partial charge in [-0.3, -0.25) is 4.79 Å². The highest BCUT2D eigenvalue weighted by atomic mass is 35.5. The molecule has 0 aliphatic carbocycles. The first-order chi connectivity index (χ1) is 11.5. The number of benzene rings is 2. The smallest absolute Gasteiger partial charge is 0.193 e. The molecule has 2 aromatic carbocycles. The number of hydrazone groups is 1. The van der Waals surface area contributed by atoms with Crippen molar-refractivity contribution in [2.24, 2.45) is 16.8 Å². The Morgan fingerprint density at radius 2 is 1.83 bits per heavy atom. The van der Waals surface area contributed by atoms with E-state index in [2.05, 4.69) is 10.5 Å². The molecule has 0 saturated heterocycles. The van der Waals surface area contributed by atoms with E-state index in [0.29, 0.717) is 38.7 Å². The van der Waals surface area contributed by atoms with Crippen LogP contribution in [0.15, 0.2) is 56.8 Å². The van der Waals surface area contributed by atoms with E-state index in [1.165, 1.54) is 18.2 Å². The molecule has 0 aliphatic heterocycles. The molecule has 6 nitrogen and oxygen atoms in total. The van der Waals surface area contributed by atoms with Crippen LogP contribution >= 0.6 is 23.2 Å². The molecule has 0 spiro atoms. The number of nitrogens with one attached hydrogen (secondary N) is 1. The van der Waals surface area contributed by atoms with E-state index in [1.54, 1.807) is 24.3 Å². The molecular formula is C16H12Cl2N4O2. The fourth-order valence-electron chi connectivity index (χ4n) is 2.31. The average molecular weight is 363 g/mol. The van der Waals surface area contributed by atoms with Gasteiger partial charge in [-0.1, -0.05) is 47.5 Å². The average Bonchev–Trinajstić information content (AvgIpc) is 2.57. The summed E-state index contributed by atoms with van der Waals surface area (Å²) in [5, 5.41) is 4.51. The van der Waals surface area contributed by atoms with Crippen LogP contribution in [0.1, 0.15) is 5.56 Å². The molecule has 1 heterocycles. The van der Waals surface area contributed by atoms with Crippen molar-refractivity contribution in [3.63, 3.8) is 0 Å². The van der Waals surface area contributed by atoms with Gasteiger partial charge in [0.25, 0.3) is 0 Å². The highest BCUT2D eigenvalue weighted by Gasteiger charge is 2.11. The van der Waals surface area contributed by atoms with Crippen LogP contribution in [0.2, 0.25) is 10.0 Å². The van der Waals surface area contributed by atoms with Gasteiger partial charge in [-0.25, -0.2) is 5.84 Å². The van der Waals surface area contributed by atoms with Crippen molar-refractivity contribution in [2.75, 3.05) is 0 Å². The quantitative estimate of drug-likeness (QED) is 0.281. The van der Waals surface area contributed by atoms with Crippen molar-refractivity contribution >= 4 is 40.0 Å². The van der Waals surface area contributed by atoms with E-state index in [4.69, 9.17) is 39.3 Å². The monoisotopic (exact) mass is 362 g/mol. The largest absolute Gasteiger partial charge is 0.454 e. The van der Waals surface area contributed by atoms with Crippen LogP contribution in [0.5, 0.6) is 0 Å². The van der Waals surface area contributed by atoms with Gasteiger partial charge >= 0.3 is 0 Å². The van der Waals surface area contributed by atoms with Crippen LogP contribution < -0.4 is 22.5 Å². The van der Waals surface area contributed by atoms with Crippen molar-refractivity contribution in [1.82, 2.24) is 5.43 Å². The zero-order valence-corrected chi connectivity index (χ0v) is 13.7. The Morgan fingerprint density at radius 3 is 2.46 bits per heavy atom. The molecule has 8 heteroatoms. The van der Waals surface area contributed by atoms with Gasteiger partial charge in [0, 0.05) is 22.2 Å². The minimum atomic E-state index is -0.229. The van der Waals surface area contributed by atoms with Crippen LogP contribution in [-0.4, -0.2) is 5.84 Å². The lowest BCUT2D eigenvalue weighted by atomic mass is 10.1. The summed E-state index contributed by atoms with van der Waals surface area (Å²) in [7, 11) is 0. The molecule has 0 bridgehead atoms. The second-order valence-corrected chi connectivity index (χ2v) is 5.78.